The summed E-state index contributed by atoms with van der Waals surface area (Å²) in [7, 11) is 0. The van der Waals surface area contributed by atoms with E-state index < -0.39 is 0 Å². The number of furan rings is 1. The average molecular weight is 444 g/mol. The van der Waals surface area contributed by atoms with Gasteiger partial charge < -0.3 is 14.6 Å². The number of nitrogens with zero attached hydrogens (tertiary/aromatic N) is 4. The summed E-state index contributed by atoms with van der Waals surface area (Å²) in [6.45, 7) is 10.3. The number of carbonyl (C=O) groups is 1. The summed E-state index contributed by atoms with van der Waals surface area (Å²) >= 11 is 0. The number of amides is 1. The Hall–Kier alpha value is -2.19. The second-order valence-corrected chi connectivity index (χ2v) is 9.33. The van der Waals surface area contributed by atoms with Gasteiger partial charge in [0.1, 0.15) is 17.5 Å². The molecule has 1 saturated heterocycles. The highest BCUT2D eigenvalue weighted by Gasteiger charge is 2.24. The number of piperazine rings is 1. The van der Waals surface area contributed by atoms with Gasteiger partial charge in [-0.25, -0.2) is 4.98 Å². The van der Waals surface area contributed by atoms with E-state index in [0.717, 1.165) is 37.7 Å². The predicted molar refractivity (Wildman–Crippen MR) is 125 cm³/mol. The Kier molecular flexibility index (Phi) is 7.63. The fourth-order valence-corrected chi connectivity index (χ4v) is 5.07. The maximum absolute atomic E-state index is 12.7. The van der Waals surface area contributed by atoms with Crippen LogP contribution in [0.2, 0.25) is 0 Å². The van der Waals surface area contributed by atoms with Crippen molar-refractivity contribution < 1.29 is 9.21 Å². The van der Waals surface area contributed by atoms with Crippen molar-refractivity contribution in [3.63, 3.8) is 0 Å². The van der Waals surface area contributed by atoms with Crippen molar-refractivity contribution in [3.05, 3.63) is 28.0 Å². The van der Waals surface area contributed by atoms with Gasteiger partial charge in [-0.3, -0.25) is 19.1 Å². The van der Waals surface area contributed by atoms with Crippen LogP contribution < -0.4 is 10.9 Å². The lowest BCUT2D eigenvalue weighted by atomic mass is 9.94. The van der Waals surface area contributed by atoms with Gasteiger partial charge in [0.05, 0.1) is 0 Å². The number of carbonyl (C=O) groups excluding carboxylic acids is 1. The highest BCUT2D eigenvalue weighted by molar-refractivity contribution is 5.77. The van der Waals surface area contributed by atoms with Gasteiger partial charge in [-0.15, -0.1) is 0 Å². The van der Waals surface area contributed by atoms with Gasteiger partial charge in [0, 0.05) is 57.3 Å². The highest BCUT2D eigenvalue weighted by atomic mass is 16.3. The van der Waals surface area contributed by atoms with Crippen LogP contribution in [0.4, 0.5) is 0 Å². The van der Waals surface area contributed by atoms with E-state index >= 15 is 0 Å². The van der Waals surface area contributed by atoms with Gasteiger partial charge in [0.15, 0.2) is 0 Å². The normalized spacial score (nSPS) is 18.9. The van der Waals surface area contributed by atoms with E-state index in [0.29, 0.717) is 29.9 Å². The Morgan fingerprint density at radius 2 is 1.88 bits per heavy atom. The zero-order chi connectivity index (χ0) is 22.5. The monoisotopic (exact) mass is 443 g/mol. The topological polar surface area (TPSA) is 83.6 Å². The van der Waals surface area contributed by atoms with Gasteiger partial charge in [-0.2, -0.15) is 0 Å². The molecule has 4 rings (SSSR count). The zero-order valence-corrected chi connectivity index (χ0v) is 19.6. The van der Waals surface area contributed by atoms with Crippen molar-refractivity contribution in [1.29, 1.82) is 0 Å². The van der Waals surface area contributed by atoms with Gasteiger partial charge in [-0.05, 0) is 39.7 Å². The molecule has 176 valence electrons. The first-order chi connectivity index (χ1) is 15.5. The van der Waals surface area contributed by atoms with Crippen LogP contribution in [0.3, 0.4) is 0 Å². The minimum absolute atomic E-state index is 0.0285. The molecule has 1 N–H and O–H groups in total. The van der Waals surface area contributed by atoms with Crippen molar-refractivity contribution in [1.82, 2.24) is 24.7 Å². The molecule has 0 atom stereocenters. The lowest BCUT2D eigenvalue weighted by molar-refractivity contribution is -0.121. The molecule has 0 aromatic carbocycles. The van der Waals surface area contributed by atoms with E-state index in [2.05, 4.69) is 20.1 Å². The predicted octanol–water partition coefficient (Wildman–Crippen LogP) is 2.45. The number of fused-ring (bicyclic) bond motifs is 1. The van der Waals surface area contributed by atoms with Crippen LogP contribution in [0.25, 0.3) is 11.1 Å². The molecule has 2 aromatic heterocycles. The molecule has 0 radical (unpaired) electrons. The van der Waals surface area contributed by atoms with E-state index in [1.807, 2.05) is 13.8 Å². The molecule has 32 heavy (non-hydrogen) atoms. The van der Waals surface area contributed by atoms with Crippen LogP contribution in [0, 0.1) is 13.8 Å². The van der Waals surface area contributed by atoms with Crippen molar-refractivity contribution in [3.8, 4) is 0 Å². The molecular weight excluding hydrogens is 406 g/mol. The first-order valence-electron chi connectivity index (χ1n) is 12.2. The maximum Gasteiger partial charge on any atom is 0.264 e. The summed E-state index contributed by atoms with van der Waals surface area (Å²) in [5.41, 5.74) is 1.03. The lowest BCUT2D eigenvalue weighted by Gasteiger charge is -2.40. The van der Waals surface area contributed by atoms with E-state index in [-0.39, 0.29) is 17.9 Å². The van der Waals surface area contributed by atoms with Crippen molar-refractivity contribution in [2.45, 2.75) is 71.4 Å². The van der Waals surface area contributed by atoms with Crippen LogP contribution in [-0.2, 0) is 11.3 Å². The van der Waals surface area contributed by atoms with Crippen LogP contribution in [0.5, 0.6) is 0 Å². The zero-order valence-electron chi connectivity index (χ0n) is 19.6. The molecule has 1 saturated carbocycles. The second kappa shape index (κ2) is 10.6. The Labute approximate surface area is 190 Å². The molecule has 8 nitrogen and oxygen atoms in total. The van der Waals surface area contributed by atoms with Crippen molar-refractivity contribution in [2.24, 2.45) is 0 Å². The van der Waals surface area contributed by atoms with Gasteiger partial charge >= 0.3 is 0 Å². The second-order valence-electron chi connectivity index (χ2n) is 9.33. The molecule has 0 unspecified atom stereocenters. The quantitative estimate of drug-likeness (QED) is 0.631. The number of nitrogens with one attached hydrogen (secondary N) is 1. The molecule has 3 heterocycles. The Morgan fingerprint density at radius 3 is 2.62 bits per heavy atom. The largest absolute Gasteiger partial charge is 0.443 e. The first-order valence-corrected chi connectivity index (χ1v) is 12.2. The summed E-state index contributed by atoms with van der Waals surface area (Å²) in [6, 6.07) is 0.815. The smallest absolute Gasteiger partial charge is 0.264 e. The molecule has 1 aliphatic carbocycles. The van der Waals surface area contributed by atoms with Crippen LogP contribution in [0.1, 0.15) is 56.3 Å². The molecule has 2 aliphatic rings. The summed E-state index contributed by atoms with van der Waals surface area (Å²) in [5, 5.41) is 3.50. The molecule has 2 fully saturated rings. The summed E-state index contributed by atoms with van der Waals surface area (Å²) in [4.78, 5) is 34.3. The van der Waals surface area contributed by atoms with Gasteiger partial charge in [0.2, 0.25) is 11.6 Å². The number of hydrogen-bond donors (Lipinski definition) is 1. The summed E-state index contributed by atoms with van der Waals surface area (Å²) in [5.74, 6) is 0.676. The molecule has 0 spiro atoms. The minimum atomic E-state index is -0.149. The standard InChI is InChI=1S/C24H37N5O3/c1-18-19(2)32-23-22(18)24(31)29(17-26-23)12-9-21(30)25-10-6-11-27-13-15-28(16-14-27)20-7-4-3-5-8-20/h17,20H,3-16H2,1-2H3,(H,25,30). The number of aromatic nitrogens is 2. The molecule has 8 heteroatoms. The number of aryl methyl sites for hydroxylation is 3. The third-order valence-corrected chi connectivity index (χ3v) is 7.21. The van der Waals surface area contributed by atoms with Crippen LogP contribution in [0.15, 0.2) is 15.5 Å². The Morgan fingerprint density at radius 1 is 1.12 bits per heavy atom. The van der Waals surface area contributed by atoms with Crippen LogP contribution in [-0.4, -0.2) is 70.6 Å². The third kappa shape index (κ3) is 5.41. The fourth-order valence-electron chi connectivity index (χ4n) is 5.07. The SMILES string of the molecule is Cc1oc2ncn(CCC(=O)NCCCN3CCN(C4CCCCC4)CC3)c(=O)c2c1C. The molecular formula is C24H37N5O3. The lowest BCUT2D eigenvalue weighted by Crippen LogP contribution is -2.51. The minimum Gasteiger partial charge on any atom is -0.443 e. The van der Waals surface area contributed by atoms with E-state index in [1.54, 1.807) is 0 Å². The average Bonchev–Trinajstić information content (AvgIpc) is 3.11. The highest BCUT2D eigenvalue weighted by Crippen LogP contribution is 2.23. The fraction of sp³-hybridized carbons (Fsp3) is 0.708. The number of hydrogen-bond acceptors (Lipinski definition) is 6. The molecule has 0 bridgehead atoms. The summed E-state index contributed by atoms with van der Waals surface area (Å²) in [6.07, 6.45) is 9.65. The summed E-state index contributed by atoms with van der Waals surface area (Å²) < 4.78 is 7.00. The third-order valence-electron chi connectivity index (χ3n) is 7.21. The Balaban J connectivity index is 1.14. The molecule has 1 amide bonds. The number of rotatable bonds is 8. The van der Waals surface area contributed by atoms with Gasteiger partial charge in [-0.1, -0.05) is 19.3 Å². The molecule has 2 aromatic rings. The van der Waals surface area contributed by atoms with E-state index in [1.165, 1.54) is 56.1 Å². The van der Waals surface area contributed by atoms with E-state index in [4.69, 9.17) is 4.42 Å². The molecule has 1 aliphatic heterocycles. The van der Waals surface area contributed by atoms with Gasteiger partial charge in [0.25, 0.3) is 5.56 Å². The van der Waals surface area contributed by atoms with Crippen molar-refractivity contribution >= 4 is 17.0 Å². The van der Waals surface area contributed by atoms with Crippen molar-refractivity contribution in [2.75, 3.05) is 39.3 Å². The first kappa shape index (κ1) is 23.0. The Bertz CT molecular complexity index is 968. The van der Waals surface area contributed by atoms with E-state index in [9.17, 15) is 9.59 Å². The van der Waals surface area contributed by atoms with Crippen LogP contribution >= 0.6 is 0 Å². The maximum atomic E-state index is 12.7.